The van der Waals surface area contributed by atoms with Gasteiger partial charge in [-0.15, -0.1) is 0 Å². The van der Waals surface area contributed by atoms with Crippen molar-refractivity contribution in [3.8, 4) is 0 Å². The lowest BCUT2D eigenvalue weighted by molar-refractivity contribution is 0.342. The van der Waals surface area contributed by atoms with Crippen molar-refractivity contribution in [2.75, 3.05) is 0 Å². The fraction of sp³-hybridized carbons (Fsp3) is 0. The van der Waals surface area contributed by atoms with E-state index in [1.54, 1.807) is 0 Å². The predicted octanol–water partition coefficient (Wildman–Crippen LogP) is 0.858. The third-order valence-corrected chi connectivity index (χ3v) is 0.0514. The van der Waals surface area contributed by atoms with E-state index in [-0.39, 0.29) is 12.6 Å². The van der Waals surface area contributed by atoms with Crippen LogP contribution >= 0.6 is 0 Å². The Kier molecular flexibility index (Phi) is 2.14. The Bertz CT molecular complexity index is 21.2. The van der Waals surface area contributed by atoms with Crippen molar-refractivity contribution in [2.45, 2.75) is 0 Å². The van der Waals surface area contributed by atoms with Crippen LogP contribution in [0.15, 0.2) is 12.6 Å². The molecule has 0 saturated heterocycles. The standard InChI is InChI=1S/C2H2FO/c3-1-2-4/h1-2H. The van der Waals surface area contributed by atoms with Crippen LogP contribution in [-0.4, -0.2) is 0 Å². The maximum atomic E-state index is 10.2. The monoisotopic (exact) mass is 61.0 g/mol. The molecule has 4 heavy (non-hydrogen) atoms. The molecule has 0 amide bonds. The molecule has 0 rings (SSSR count). The minimum atomic E-state index is -0.0556. The molecule has 0 aromatic carbocycles. The Hall–Kier alpha value is -0.530. The first kappa shape index (κ1) is 3.47. The summed E-state index contributed by atoms with van der Waals surface area (Å²) >= 11 is 0. The maximum Gasteiger partial charge on any atom is 0.170 e. The fourth-order valence-corrected chi connectivity index (χ4v) is 0. The summed E-state index contributed by atoms with van der Waals surface area (Å²) < 4.78 is 10.2. The highest BCUT2D eigenvalue weighted by molar-refractivity contribution is 4.50. The van der Waals surface area contributed by atoms with E-state index in [2.05, 4.69) is 0 Å². The van der Waals surface area contributed by atoms with E-state index in [1.807, 2.05) is 0 Å². The van der Waals surface area contributed by atoms with Crippen LogP contribution in [0.5, 0.6) is 0 Å². The molecule has 0 N–H and O–H groups in total. The summed E-state index contributed by atoms with van der Waals surface area (Å²) in [6.45, 7) is 0. The molecule has 23 valence electrons. The zero-order chi connectivity index (χ0) is 3.41. The molecule has 0 bridgehead atoms. The van der Waals surface area contributed by atoms with Crippen LogP contribution in [-0.2, 0) is 5.11 Å². The third kappa shape index (κ3) is 1.47. The molecule has 0 aliphatic heterocycles. The molecule has 0 aromatic rings. The first-order valence-corrected chi connectivity index (χ1v) is 0.787. The molecule has 0 unspecified atom stereocenters. The van der Waals surface area contributed by atoms with E-state index in [0.29, 0.717) is 0 Å². The molecular weight excluding hydrogens is 59.0 g/mol. The largest absolute Gasteiger partial charge is 0.296 e. The van der Waals surface area contributed by atoms with Crippen molar-refractivity contribution >= 4 is 0 Å². The van der Waals surface area contributed by atoms with E-state index in [1.165, 1.54) is 0 Å². The van der Waals surface area contributed by atoms with Crippen LogP contribution in [0, 0.1) is 0 Å². The lowest BCUT2D eigenvalue weighted by Gasteiger charge is -1.42. The zero-order valence-electron chi connectivity index (χ0n) is 1.94. The van der Waals surface area contributed by atoms with Gasteiger partial charge in [0.25, 0.3) is 0 Å². The van der Waals surface area contributed by atoms with E-state index < -0.39 is 0 Å². The van der Waals surface area contributed by atoms with Crippen molar-refractivity contribution in [3.05, 3.63) is 12.6 Å². The van der Waals surface area contributed by atoms with Gasteiger partial charge in [0.1, 0.15) is 6.33 Å². The summed E-state index contributed by atoms with van der Waals surface area (Å²) in [6, 6.07) is 0. The molecule has 0 heterocycles. The molecule has 0 spiro atoms. The van der Waals surface area contributed by atoms with Crippen LogP contribution < -0.4 is 0 Å². The molecule has 0 aliphatic rings. The van der Waals surface area contributed by atoms with Gasteiger partial charge in [-0.2, -0.15) is 0 Å². The smallest absolute Gasteiger partial charge is 0.170 e. The molecule has 0 aliphatic carbocycles. The van der Waals surface area contributed by atoms with Gasteiger partial charge in [0.05, 0.1) is 0 Å². The zero-order valence-corrected chi connectivity index (χ0v) is 1.94. The number of rotatable bonds is 0. The predicted molar refractivity (Wildman–Crippen MR) is 10.9 cm³/mol. The highest BCUT2D eigenvalue weighted by Gasteiger charge is 1.45. The average molecular weight is 61.0 g/mol. The molecule has 0 atom stereocenters. The first-order valence-electron chi connectivity index (χ1n) is 0.787. The van der Waals surface area contributed by atoms with Crippen molar-refractivity contribution < 1.29 is 9.50 Å². The van der Waals surface area contributed by atoms with Gasteiger partial charge < -0.3 is 0 Å². The number of hydrogen-bond donors (Lipinski definition) is 0. The van der Waals surface area contributed by atoms with E-state index in [4.69, 9.17) is 5.11 Å². The lowest BCUT2D eigenvalue weighted by Crippen LogP contribution is -1.29. The first-order chi connectivity index (χ1) is 1.91. The Morgan fingerprint density at radius 1 is 1.75 bits per heavy atom. The van der Waals surface area contributed by atoms with Gasteiger partial charge in [0.15, 0.2) is 6.26 Å². The van der Waals surface area contributed by atoms with E-state index >= 15 is 0 Å². The van der Waals surface area contributed by atoms with Gasteiger partial charge in [-0.1, -0.05) is 0 Å². The minimum Gasteiger partial charge on any atom is -0.296 e. The molecule has 0 aromatic heterocycles. The molecular formula is C2H2FO. The Morgan fingerprint density at radius 2 is 2.00 bits per heavy atom. The van der Waals surface area contributed by atoms with Crippen LogP contribution in [0.2, 0.25) is 0 Å². The summed E-state index contributed by atoms with van der Waals surface area (Å²) in [5.74, 6) is 0. The van der Waals surface area contributed by atoms with Crippen molar-refractivity contribution in [2.24, 2.45) is 0 Å². The van der Waals surface area contributed by atoms with Crippen LogP contribution in [0.1, 0.15) is 0 Å². The highest BCUT2D eigenvalue weighted by atomic mass is 19.1. The summed E-state index contributed by atoms with van der Waals surface area (Å²) in [7, 11) is 0. The topological polar surface area (TPSA) is 19.9 Å². The Morgan fingerprint density at radius 3 is 2.00 bits per heavy atom. The Balaban J connectivity index is 2.55. The molecule has 0 saturated carbocycles. The molecule has 1 nitrogen and oxygen atoms in total. The van der Waals surface area contributed by atoms with Gasteiger partial charge in [0.2, 0.25) is 0 Å². The van der Waals surface area contributed by atoms with Gasteiger partial charge in [-0.25, -0.2) is 4.39 Å². The minimum absolute atomic E-state index is 0.0556. The highest BCUT2D eigenvalue weighted by Crippen LogP contribution is 1.59. The van der Waals surface area contributed by atoms with Crippen molar-refractivity contribution in [1.29, 1.82) is 0 Å². The average Bonchev–Trinajstić information content (AvgIpc) is 1.37. The molecule has 0 fully saturated rings. The summed E-state index contributed by atoms with van der Waals surface area (Å²) in [4.78, 5) is 0. The van der Waals surface area contributed by atoms with Crippen molar-refractivity contribution in [1.82, 2.24) is 0 Å². The Labute approximate surface area is 23.4 Å². The third-order valence-electron chi connectivity index (χ3n) is 0.0514. The van der Waals surface area contributed by atoms with Crippen molar-refractivity contribution in [3.63, 3.8) is 0 Å². The quantitative estimate of drug-likeness (QED) is 0.370. The molecule has 1 radical (unpaired) electrons. The van der Waals surface area contributed by atoms with Gasteiger partial charge >= 0.3 is 0 Å². The van der Waals surface area contributed by atoms with Crippen LogP contribution in [0.25, 0.3) is 0 Å². The SMILES string of the molecule is [O]C=CF. The normalized spacial score (nSPS) is 9.25. The van der Waals surface area contributed by atoms with Gasteiger partial charge in [0, 0.05) is 0 Å². The summed E-state index contributed by atoms with van der Waals surface area (Å²) in [5.41, 5.74) is 0. The van der Waals surface area contributed by atoms with Gasteiger partial charge in [-0.05, 0) is 0 Å². The lowest BCUT2D eigenvalue weighted by atomic mass is 11.1. The van der Waals surface area contributed by atoms with Crippen LogP contribution in [0.4, 0.5) is 4.39 Å². The molecule has 2 heteroatoms. The van der Waals surface area contributed by atoms with E-state index in [9.17, 15) is 4.39 Å². The summed E-state index contributed by atoms with van der Waals surface area (Å²) in [5, 5.41) is 8.74. The second-order valence-corrected chi connectivity index (χ2v) is 0.262. The second-order valence-electron chi connectivity index (χ2n) is 0.262. The van der Waals surface area contributed by atoms with E-state index in [0.717, 1.165) is 0 Å². The number of halogens is 1. The number of hydrogen-bond acceptors (Lipinski definition) is 0. The van der Waals surface area contributed by atoms with Crippen LogP contribution in [0.3, 0.4) is 0 Å². The fourth-order valence-electron chi connectivity index (χ4n) is 0. The maximum absolute atomic E-state index is 10.2. The summed E-state index contributed by atoms with van der Waals surface area (Å²) in [6.07, 6.45) is 0.0278. The second kappa shape index (κ2) is 2.47. The van der Waals surface area contributed by atoms with Gasteiger partial charge in [-0.3, -0.25) is 5.11 Å².